The lowest BCUT2D eigenvalue weighted by molar-refractivity contribution is -0.592. The number of aromatic nitrogens is 4. The van der Waals surface area contributed by atoms with Crippen molar-refractivity contribution in [3.8, 4) is 44.8 Å². The van der Waals surface area contributed by atoms with Gasteiger partial charge in [0, 0.05) is 98.5 Å². The summed E-state index contributed by atoms with van der Waals surface area (Å²) >= 11 is 6.42. The van der Waals surface area contributed by atoms with Crippen molar-refractivity contribution in [1.29, 1.82) is 0 Å². The summed E-state index contributed by atoms with van der Waals surface area (Å²) in [6, 6.07) is 28.6. The molecule has 0 aliphatic carbocycles. The van der Waals surface area contributed by atoms with Crippen molar-refractivity contribution in [3.63, 3.8) is 0 Å². The number of rotatable bonds is 6. The van der Waals surface area contributed by atoms with Gasteiger partial charge < -0.3 is 30.8 Å². The van der Waals surface area contributed by atoms with Crippen LogP contribution in [0.3, 0.4) is 0 Å². The highest BCUT2D eigenvalue weighted by Crippen LogP contribution is 2.39. The van der Waals surface area contributed by atoms with E-state index in [0.717, 1.165) is 85.1 Å². The van der Waals surface area contributed by atoms with Crippen LogP contribution in [0, 0.1) is 40.6 Å². The van der Waals surface area contributed by atoms with Crippen LogP contribution in [0.4, 0.5) is 29.2 Å². The summed E-state index contributed by atoms with van der Waals surface area (Å²) < 4.78 is 58.4. The second kappa shape index (κ2) is 18.1. The predicted molar refractivity (Wildman–Crippen MR) is 243 cm³/mol. The average Bonchev–Trinajstić information content (AvgIpc) is 3.30. The number of nitrogens with one attached hydrogen (secondary N) is 2. The highest BCUT2D eigenvalue weighted by Gasteiger charge is 2.26. The number of fused-ring (bicyclic) bond motifs is 2. The number of hydrogen-bond acceptors (Lipinski definition) is 8. The Hall–Kier alpha value is -6.87. The molecule has 0 saturated carbocycles. The standard InChI is InChI=1S/C25H22F2N4O.C24H19ClF2N4O/c1-16-4-2-3-5-18(16)25-24-20(8-11-31(25)32)21(19-7-6-17(26)14-22(19)27)15-23(29-24)30-12-9-28-10-13-30;25-20-4-2-1-3-18(20)24-23-17(7-10-31(24)32)19(16-6-5-15(26)13-21(16)27)14-22(29-23)30-11-8-28-9-12-30/h2-8,11,14-15,28H,9-10,12-13H2,1H3;1-7,10,13-14,28H,8-9,11-12H2. The monoisotopic (exact) mass is 884 g/mol. The van der Waals surface area contributed by atoms with Gasteiger partial charge in [0.1, 0.15) is 45.9 Å². The third kappa shape index (κ3) is 8.34. The van der Waals surface area contributed by atoms with E-state index in [9.17, 15) is 28.0 Å². The Labute approximate surface area is 371 Å². The molecule has 2 aliphatic heterocycles. The van der Waals surface area contributed by atoms with Crippen LogP contribution in [-0.4, -0.2) is 62.3 Å². The van der Waals surface area contributed by atoms with E-state index < -0.39 is 23.3 Å². The van der Waals surface area contributed by atoms with Gasteiger partial charge in [-0.3, -0.25) is 0 Å². The lowest BCUT2D eigenvalue weighted by Gasteiger charge is -2.29. The Bertz CT molecular complexity index is 2850. The maximum atomic E-state index is 14.9. The molecule has 10 nitrogen and oxygen atoms in total. The second-order valence-corrected chi connectivity index (χ2v) is 16.0. The van der Waals surface area contributed by atoms with Crippen molar-refractivity contribution in [2.24, 2.45) is 0 Å². The number of benzene rings is 4. The zero-order valence-electron chi connectivity index (χ0n) is 34.6. The molecular formula is C49H41ClF4N8O2. The third-order valence-electron chi connectivity index (χ3n) is 11.6. The maximum Gasteiger partial charge on any atom is 0.251 e. The molecule has 0 bridgehead atoms. The van der Waals surface area contributed by atoms with Gasteiger partial charge in [-0.15, -0.1) is 0 Å². The minimum Gasteiger partial charge on any atom is -0.618 e. The van der Waals surface area contributed by atoms with E-state index in [0.29, 0.717) is 60.8 Å². The van der Waals surface area contributed by atoms with E-state index in [1.54, 1.807) is 42.5 Å². The van der Waals surface area contributed by atoms with Gasteiger partial charge in [0.05, 0.1) is 16.1 Å². The van der Waals surface area contributed by atoms with Crippen molar-refractivity contribution >= 4 is 45.0 Å². The maximum absolute atomic E-state index is 14.9. The SMILES string of the molecule is Cc1ccccc1-c1c2nc(N3CCNCC3)cc(-c3ccc(F)cc3F)c2cc[n+]1[O-].[O-][n+]1ccc2c(-c3ccc(F)cc3F)cc(N3CCNCC3)nc2c1-c1ccccc1Cl. The fourth-order valence-electron chi connectivity index (χ4n) is 8.38. The molecule has 2 fully saturated rings. The molecule has 8 aromatic rings. The van der Waals surface area contributed by atoms with Gasteiger partial charge in [0.25, 0.3) is 11.4 Å². The van der Waals surface area contributed by atoms with Gasteiger partial charge in [-0.25, -0.2) is 27.5 Å². The first kappa shape index (κ1) is 42.4. The summed E-state index contributed by atoms with van der Waals surface area (Å²) in [6.45, 7) is 8.05. The summed E-state index contributed by atoms with van der Waals surface area (Å²) in [7, 11) is 0. The Morgan fingerprint density at radius 1 is 0.531 bits per heavy atom. The summed E-state index contributed by atoms with van der Waals surface area (Å²) in [5.41, 5.74) is 5.47. The second-order valence-electron chi connectivity index (χ2n) is 15.6. The molecule has 64 heavy (non-hydrogen) atoms. The fourth-order valence-corrected chi connectivity index (χ4v) is 8.61. The number of nitrogens with zero attached hydrogens (tertiary/aromatic N) is 6. The van der Waals surface area contributed by atoms with Crippen LogP contribution in [0.15, 0.2) is 122 Å². The Kier molecular flexibility index (Phi) is 12.0. The molecule has 0 amide bonds. The number of halogens is 5. The molecule has 4 aromatic heterocycles. The smallest absolute Gasteiger partial charge is 0.251 e. The quantitative estimate of drug-likeness (QED) is 0.0970. The lowest BCUT2D eigenvalue weighted by Crippen LogP contribution is -2.44. The van der Waals surface area contributed by atoms with Crippen molar-refractivity contribution in [2.75, 3.05) is 62.2 Å². The molecule has 6 heterocycles. The average molecular weight is 885 g/mol. The zero-order chi connectivity index (χ0) is 44.5. The van der Waals surface area contributed by atoms with Gasteiger partial charge in [0.2, 0.25) is 0 Å². The molecule has 15 heteroatoms. The van der Waals surface area contributed by atoms with Gasteiger partial charge in [0.15, 0.2) is 12.4 Å². The van der Waals surface area contributed by atoms with Crippen molar-refractivity contribution in [2.45, 2.75) is 6.92 Å². The van der Waals surface area contributed by atoms with Crippen LogP contribution in [0.5, 0.6) is 0 Å². The lowest BCUT2D eigenvalue weighted by atomic mass is 9.97. The van der Waals surface area contributed by atoms with Crippen LogP contribution in [-0.2, 0) is 0 Å². The number of pyridine rings is 4. The normalized spacial score (nSPS) is 14.2. The minimum absolute atomic E-state index is 0.240. The van der Waals surface area contributed by atoms with Crippen molar-refractivity contribution in [3.05, 3.63) is 166 Å². The molecule has 2 N–H and O–H groups in total. The fraction of sp³-hybridized carbons (Fsp3) is 0.184. The van der Waals surface area contributed by atoms with E-state index in [1.807, 2.05) is 37.3 Å². The van der Waals surface area contributed by atoms with E-state index in [2.05, 4.69) is 20.4 Å². The molecule has 2 aliphatic rings. The highest BCUT2D eigenvalue weighted by molar-refractivity contribution is 6.33. The predicted octanol–water partition coefficient (Wildman–Crippen LogP) is 8.74. The topological polar surface area (TPSA) is 110 Å². The summed E-state index contributed by atoms with van der Waals surface area (Å²) in [4.78, 5) is 13.9. The van der Waals surface area contributed by atoms with Crippen LogP contribution < -0.4 is 29.9 Å². The number of aryl methyl sites for hydroxylation is 1. The van der Waals surface area contributed by atoms with Gasteiger partial charge in [-0.05, 0) is 78.2 Å². The van der Waals surface area contributed by atoms with Crippen molar-refractivity contribution < 1.29 is 27.0 Å². The first-order chi connectivity index (χ1) is 31.0. The number of hydrogen-bond donors (Lipinski definition) is 2. The summed E-state index contributed by atoms with van der Waals surface area (Å²) in [5, 5.41) is 34.1. The number of anilines is 2. The molecule has 10 rings (SSSR count). The summed E-state index contributed by atoms with van der Waals surface area (Å²) in [5.74, 6) is -1.33. The first-order valence-corrected chi connectivity index (χ1v) is 21.2. The third-order valence-corrected chi connectivity index (χ3v) is 11.9. The molecular weight excluding hydrogens is 844 g/mol. The Morgan fingerprint density at radius 3 is 1.42 bits per heavy atom. The van der Waals surface area contributed by atoms with Crippen LogP contribution >= 0.6 is 11.6 Å². The van der Waals surface area contributed by atoms with Crippen LogP contribution in [0.2, 0.25) is 5.02 Å². The van der Waals surface area contributed by atoms with Gasteiger partial charge >= 0.3 is 0 Å². The molecule has 0 spiro atoms. The zero-order valence-corrected chi connectivity index (χ0v) is 35.3. The molecule has 0 radical (unpaired) electrons. The Balaban J connectivity index is 0.000000162. The van der Waals surface area contributed by atoms with E-state index in [4.69, 9.17) is 21.6 Å². The van der Waals surface area contributed by atoms with Gasteiger partial charge in [-0.1, -0.05) is 41.9 Å². The molecule has 324 valence electrons. The first-order valence-electron chi connectivity index (χ1n) is 20.8. The largest absolute Gasteiger partial charge is 0.618 e. The minimum atomic E-state index is -0.679. The molecule has 0 atom stereocenters. The molecule has 0 unspecified atom stereocenters. The number of piperazine rings is 2. The highest BCUT2D eigenvalue weighted by atomic mass is 35.5. The van der Waals surface area contributed by atoms with Crippen LogP contribution in [0.25, 0.3) is 66.6 Å². The van der Waals surface area contributed by atoms with Crippen LogP contribution in [0.1, 0.15) is 5.56 Å². The van der Waals surface area contributed by atoms with E-state index in [-0.39, 0.29) is 16.8 Å². The van der Waals surface area contributed by atoms with Gasteiger partial charge in [-0.2, -0.15) is 9.46 Å². The van der Waals surface area contributed by atoms with Crippen molar-refractivity contribution in [1.82, 2.24) is 20.6 Å². The summed E-state index contributed by atoms with van der Waals surface area (Å²) in [6.07, 6.45) is 2.78. The molecule has 4 aromatic carbocycles. The molecule has 2 saturated heterocycles. The van der Waals surface area contributed by atoms with E-state index in [1.165, 1.54) is 36.7 Å². The van der Waals surface area contributed by atoms with E-state index >= 15 is 0 Å². The Morgan fingerprint density at radius 2 is 0.969 bits per heavy atom.